The van der Waals surface area contributed by atoms with E-state index in [-0.39, 0.29) is 12.5 Å². The van der Waals surface area contributed by atoms with Crippen LogP contribution < -0.4 is 4.74 Å². The van der Waals surface area contributed by atoms with Crippen molar-refractivity contribution in [2.24, 2.45) is 5.92 Å². The number of carboxylic acids is 1. The molecular weight excluding hydrogens is 260 g/mol. The minimum Gasteiger partial charge on any atom is -0.491 e. The van der Waals surface area contributed by atoms with Crippen LogP contribution >= 0.6 is 0 Å². The third-order valence-corrected chi connectivity index (χ3v) is 3.79. The summed E-state index contributed by atoms with van der Waals surface area (Å²) in [5.41, 5.74) is -0.395. The second-order valence-corrected chi connectivity index (χ2v) is 5.31. The highest BCUT2D eigenvalue weighted by Crippen LogP contribution is 2.32. The van der Waals surface area contributed by atoms with Gasteiger partial charge in [-0.15, -0.1) is 0 Å². The predicted molar refractivity (Wildman–Crippen MR) is 71.9 cm³/mol. The van der Waals surface area contributed by atoms with Crippen LogP contribution in [0.25, 0.3) is 0 Å². The number of carbonyl (C=O) groups is 2. The number of aldehydes is 1. The van der Waals surface area contributed by atoms with Gasteiger partial charge in [-0.1, -0.05) is 0 Å². The van der Waals surface area contributed by atoms with Crippen LogP contribution in [0.5, 0.6) is 5.75 Å². The Balaban J connectivity index is 1.86. The maximum atomic E-state index is 10.9. The van der Waals surface area contributed by atoms with Crippen LogP contribution in [0.1, 0.15) is 36.0 Å². The van der Waals surface area contributed by atoms with Gasteiger partial charge in [0.25, 0.3) is 0 Å². The Bertz CT molecular complexity index is 472. The van der Waals surface area contributed by atoms with Crippen LogP contribution in [0.2, 0.25) is 0 Å². The number of carboxylic acid groups (broad SMARTS) is 1. The Morgan fingerprint density at radius 1 is 1.30 bits per heavy atom. The smallest absolute Gasteiger partial charge is 0.306 e. The lowest BCUT2D eigenvalue weighted by Crippen LogP contribution is -2.41. The van der Waals surface area contributed by atoms with Crippen LogP contribution in [0.4, 0.5) is 0 Å². The summed E-state index contributed by atoms with van der Waals surface area (Å²) in [6.45, 7) is 0.139. The third-order valence-electron chi connectivity index (χ3n) is 3.79. The number of rotatable bonds is 5. The molecule has 2 N–H and O–H groups in total. The molecule has 0 aliphatic heterocycles. The number of aliphatic hydroxyl groups is 1. The van der Waals surface area contributed by atoms with Crippen molar-refractivity contribution in [3.63, 3.8) is 0 Å². The molecule has 0 atom stereocenters. The average molecular weight is 278 g/mol. The molecule has 0 aromatic heterocycles. The summed E-state index contributed by atoms with van der Waals surface area (Å²) in [7, 11) is 0. The van der Waals surface area contributed by atoms with Gasteiger partial charge >= 0.3 is 5.97 Å². The molecule has 1 aromatic carbocycles. The zero-order chi connectivity index (χ0) is 14.6. The van der Waals surface area contributed by atoms with Gasteiger partial charge in [-0.2, -0.15) is 0 Å². The highest BCUT2D eigenvalue weighted by atomic mass is 16.5. The lowest BCUT2D eigenvalue weighted by molar-refractivity contribution is -0.145. The Morgan fingerprint density at radius 2 is 1.90 bits per heavy atom. The molecule has 0 unspecified atom stereocenters. The Labute approximate surface area is 117 Å². The topological polar surface area (TPSA) is 83.8 Å². The molecule has 1 fully saturated rings. The second-order valence-electron chi connectivity index (χ2n) is 5.31. The van der Waals surface area contributed by atoms with Crippen LogP contribution in [0.15, 0.2) is 24.3 Å². The first-order valence-electron chi connectivity index (χ1n) is 6.66. The molecule has 1 saturated carbocycles. The highest BCUT2D eigenvalue weighted by molar-refractivity contribution is 5.74. The maximum absolute atomic E-state index is 10.9. The fraction of sp³-hybridized carbons (Fsp3) is 0.467. The van der Waals surface area contributed by atoms with Gasteiger partial charge in [0.2, 0.25) is 0 Å². The Morgan fingerprint density at radius 3 is 2.40 bits per heavy atom. The zero-order valence-electron chi connectivity index (χ0n) is 11.1. The molecule has 5 heteroatoms. The molecule has 5 nitrogen and oxygen atoms in total. The van der Waals surface area contributed by atoms with Crippen molar-refractivity contribution in [1.82, 2.24) is 0 Å². The molecule has 0 radical (unpaired) electrons. The molecule has 0 spiro atoms. The number of aliphatic carboxylic acids is 1. The van der Waals surface area contributed by atoms with Crippen LogP contribution in [0, 0.1) is 5.92 Å². The molecule has 1 aromatic rings. The maximum Gasteiger partial charge on any atom is 0.306 e. The van der Waals surface area contributed by atoms with Gasteiger partial charge in [-0.05, 0) is 49.9 Å². The molecule has 0 amide bonds. The summed E-state index contributed by atoms with van der Waals surface area (Å²) in [6.07, 6.45) is 2.55. The van der Waals surface area contributed by atoms with Crippen LogP contribution in [-0.2, 0) is 4.79 Å². The van der Waals surface area contributed by atoms with E-state index >= 15 is 0 Å². The number of carbonyl (C=O) groups excluding carboxylic acids is 1. The van der Waals surface area contributed by atoms with E-state index in [4.69, 9.17) is 9.84 Å². The van der Waals surface area contributed by atoms with Crippen molar-refractivity contribution in [1.29, 1.82) is 0 Å². The standard InChI is InChI=1S/C15H18O5/c16-9-11-1-3-13(4-2-11)20-10-15(19)7-5-12(6-8-15)14(17)18/h1-4,9,12,19H,5-8,10H2,(H,17,18). The first kappa shape index (κ1) is 14.5. The van der Waals surface area contributed by atoms with E-state index in [0.29, 0.717) is 37.0 Å². The van der Waals surface area contributed by atoms with Gasteiger partial charge in [0.05, 0.1) is 11.5 Å². The van der Waals surface area contributed by atoms with Crippen molar-refractivity contribution in [3.8, 4) is 5.75 Å². The fourth-order valence-electron chi connectivity index (χ4n) is 2.41. The first-order chi connectivity index (χ1) is 9.52. The molecule has 0 bridgehead atoms. The molecule has 2 rings (SSSR count). The number of benzene rings is 1. The first-order valence-corrected chi connectivity index (χ1v) is 6.66. The molecule has 1 aliphatic carbocycles. The zero-order valence-corrected chi connectivity index (χ0v) is 11.1. The third kappa shape index (κ3) is 3.57. The van der Waals surface area contributed by atoms with Gasteiger partial charge < -0.3 is 14.9 Å². The summed E-state index contributed by atoms with van der Waals surface area (Å²) < 4.78 is 5.53. The van der Waals surface area contributed by atoms with E-state index < -0.39 is 11.6 Å². The molecule has 108 valence electrons. The molecule has 1 aliphatic rings. The normalized spacial score (nSPS) is 25.9. The summed E-state index contributed by atoms with van der Waals surface area (Å²) >= 11 is 0. The summed E-state index contributed by atoms with van der Waals surface area (Å²) in [4.78, 5) is 21.4. The van der Waals surface area contributed by atoms with E-state index in [1.165, 1.54) is 0 Å². The summed E-state index contributed by atoms with van der Waals surface area (Å²) in [5.74, 6) is -0.566. The van der Waals surface area contributed by atoms with Crippen molar-refractivity contribution < 1.29 is 24.5 Å². The van der Waals surface area contributed by atoms with Crippen LogP contribution in [-0.4, -0.2) is 34.7 Å². The number of ether oxygens (including phenoxy) is 1. The number of hydrogen-bond donors (Lipinski definition) is 2. The molecule has 20 heavy (non-hydrogen) atoms. The monoisotopic (exact) mass is 278 g/mol. The molecular formula is C15H18O5. The second kappa shape index (κ2) is 6.05. The SMILES string of the molecule is O=Cc1ccc(OCC2(O)CCC(C(=O)O)CC2)cc1. The minimum atomic E-state index is -0.963. The van der Waals surface area contributed by atoms with Gasteiger partial charge in [-0.25, -0.2) is 0 Å². The van der Waals surface area contributed by atoms with Crippen molar-refractivity contribution >= 4 is 12.3 Å². The lowest BCUT2D eigenvalue weighted by Gasteiger charge is -2.34. The molecule has 0 saturated heterocycles. The summed E-state index contributed by atoms with van der Waals surface area (Å²) in [5, 5.41) is 19.3. The van der Waals surface area contributed by atoms with E-state index in [2.05, 4.69) is 0 Å². The predicted octanol–water partition coefficient (Wildman–Crippen LogP) is 1.88. The van der Waals surface area contributed by atoms with Gasteiger partial charge in [0, 0.05) is 5.56 Å². The van der Waals surface area contributed by atoms with Crippen molar-refractivity contribution in [2.45, 2.75) is 31.3 Å². The number of hydrogen-bond acceptors (Lipinski definition) is 4. The van der Waals surface area contributed by atoms with Gasteiger partial charge in [0.1, 0.15) is 18.6 Å². The van der Waals surface area contributed by atoms with Crippen LogP contribution in [0.3, 0.4) is 0 Å². The van der Waals surface area contributed by atoms with Gasteiger partial charge in [-0.3, -0.25) is 9.59 Å². The van der Waals surface area contributed by atoms with Crippen molar-refractivity contribution in [2.75, 3.05) is 6.61 Å². The Kier molecular flexibility index (Phi) is 4.39. The highest BCUT2D eigenvalue weighted by Gasteiger charge is 2.36. The van der Waals surface area contributed by atoms with E-state index in [1.54, 1.807) is 24.3 Å². The van der Waals surface area contributed by atoms with Gasteiger partial charge in [0.15, 0.2) is 0 Å². The fourth-order valence-corrected chi connectivity index (χ4v) is 2.41. The minimum absolute atomic E-state index is 0.139. The van der Waals surface area contributed by atoms with Crippen molar-refractivity contribution in [3.05, 3.63) is 29.8 Å². The summed E-state index contributed by atoms with van der Waals surface area (Å²) in [6, 6.07) is 6.65. The van der Waals surface area contributed by atoms with E-state index in [9.17, 15) is 14.7 Å². The van der Waals surface area contributed by atoms with E-state index in [1.807, 2.05) is 0 Å². The largest absolute Gasteiger partial charge is 0.491 e. The lowest BCUT2D eigenvalue weighted by atomic mass is 9.79. The Hall–Kier alpha value is -1.88. The van der Waals surface area contributed by atoms with E-state index in [0.717, 1.165) is 6.29 Å². The quantitative estimate of drug-likeness (QED) is 0.803. The molecule has 0 heterocycles. The average Bonchev–Trinajstić information content (AvgIpc) is 2.46.